The molecule has 6 heteroatoms. The summed E-state index contributed by atoms with van der Waals surface area (Å²) in [4.78, 5) is 30.5. The molecule has 142 valence electrons. The second-order valence-corrected chi connectivity index (χ2v) is 6.79. The number of carbonyl (C=O) groups is 2. The van der Waals surface area contributed by atoms with Gasteiger partial charge in [0, 0.05) is 37.6 Å². The summed E-state index contributed by atoms with van der Waals surface area (Å²) in [5, 5.41) is 5.59. The maximum Gasteiger partial charge on any atom is 0.252 e. The fourth-order valence-electron chi connectivity index (χ4n) is 3.19. The van der Waals surface area contributed by atoms with Crippen LogP contribution in [0.5, 0.6) is 0 Å². The zero-order chi connectivity index (χ0) is 18.9. The monoisotopic (exact) mass is 366 g/mol. The molecule has 1 aromatic carbocycles. The number of hydrogen-bond acceptors (Lipinski definition) is 4. The lowest BCUT2D eigenvalue weighted by atomic mass is 10.1. The van der Waals surface area contributed by atoms with E-state index in [4.69, 9.17) is 0 Å². The van der Waals surface area contributed by atoms with E-state index in [1.165, 1.54) is 31.0 Å². The first-order valence-electron chi connectivity index (χ1n) is 9.50. The number of piperidine rings is 1. The van der Waals surface area contributed by atoms with Crippen molar-refractivity contribution in [2.24, 2.45) is 0 Å². The van der Waals surface area contributed by atoms with Crippen molar-refractivity contribution >= 4 is 11.8 Å². The molecule has 0 aliphatic carbocycles. The Kier molecular flexibility index (Phi) is 6.93. The third-order valence-corrected chi connectivity index (χ3v) is 4.69. The van der Waals surface area contributed by atoms with Crippen molar-refractivity contribution in [1.29, 1.82) is 0 Å². The number of rotatable bonds is 7. The molecule has 1 aromatic heterocycles. The Balaban J connectivity index is 1.39. The topological polar surface area (TPSA) is 74.3 Å². The van der Waals surface area contributed by atoms with Gasteiger partial charge < -0.3 is 10.6 Å². The third kappa shape index (κ3) is 5.89. The highest BCUT2D eigenvalue weighted by molar-refractivity contribution is 5.95. The van der Waals surface area contributed by atoms with Gasteiger partial charge in [-0.25, -0.2) is 0 Å². The van der Waals surface area contributed by atoms with Crippen molar-refractivity contribution < 1.29 is 9.59 Å². The van der Waals surface area contributed by atoms with Gasteiger partial charge in [-0.05, 0) is 55.8 Å². The smallest absolute Gasteiger partial charge is 0.252 e. The van der Waals surface area contributed by atoms with Gasteiger partial charge in [-0.15, -0.1) is 0 Å². The number of nitrogens with zero attached hydrogens (tertiary/aromatic N) is 2. The van der Waals surface area contributed by atoms with Crippen LogP contribution in [-0.2, 0) is 6.54 Å². The molecule has 3 rings (SSSR count). The molecule has 2 heterocycles. The average molecular weight is 366 g/mol. The molecule has 0 bridgehead atoms. The van der Waals surface area contributed by atoms with E-state index in [1.807, 2.05) is 24.3 Å². The number of pyridine rings is 1. The van der Waals surface area contributed by atoms with Gasteiger partial charge in [0.25, 0.3) is 11.8 Å². The van der Waals surface area contributed by atoms with Crippen molar-refractivity contribution in [3.63, 3.8) is 0 Å². The van der Waals surface area contributed by atoms with Crippen LogP contribution in [0.1, 0.15) is 45.5 Å². The minimum Gasteiger partial charge on any atom is -0.350 e. The number of benzene rings is 1. The van der Waals surface area contributed by atoms with Gasteiger partial charge >= 0.3 is 0 Å². The number of nitrogens with one attached hydrogen (secondary N) is 2. The second-order valence-electron chi connectivity index (χ2n) is 6.79. The van der Waals surface area contributed by atoms with E-state index in [1.54, 1.807) is 18.3 Å². The Bertz CT molecular complexity index is 741. The van der Waals surface area contributed by atoms with Crippen LogP contribution in [0.4, 0.5) is 0 Å². The highest BCUT2D eigenvalue weighted by atomic mass is 16.2. The second kappa shape index (κ2) is 9.83. The predicted molar refractivity (Wildman–Crippen MR) is 104 cm³/mol. The number of amides is 2. The molecule has 0 atom stereocenters. The molecule has 27 heavy (non-hydrogen) atoms. The van der Waals surface area contributed by atoms with Gasteiger partial charge in [-0.3, -0.25) is 19.5 Å². The molecule has 2 amide bonds. The summed E-state index contributed by atoms with van der Waals surface area (Å²) in [5.41, 5.74) is 2.38. The Morgan fingerprint density at radius 3 is 2.19 bits per heavy atom. The van der Waals surface area contributed by atoms with E-state index >= 15 is 0 Å². The SMILES string of the molecule is O=C(NCCNC(=O)c1cccnc1)c1ccc(CN2CCCCC2)cc1. The van der Waals surface area contributed by atoms with Crippen LogP contribution in [0, 0.1) is 0 Å². The van der Waals surface area contributed by atoms with Gasteiger partial charge in [0.15, 0.2) is 0 Å². The molecule has 1 fully saturated rings. The zero-order valence-corrected chi connectivity index (χ0v) is 15.5. The molecule has 1 saturated heterocycles. The first-order valence-corrected chi connectivity index (χ1v) is 9.50. The Morgan fingerprint density at radius 2 is 1.56 bits per heavy atom. The highest BCUT2D eigenvalue weighted by Gasteiger charge is 2.11. The minimum absolute atomic E-state index is 0.129. The van der Waals surface area contributed by atoms with Crippen LogP contribution in [0.25, 0.3) is 0 Å². The lowest BCUT2D eigenvalue weighted by Gasteiger charge is -2.26. The summed E-state index contributed by atoms with van der Waals surface area (Å²) in [6.07, 6.45) is 7.02. The Morgan fingerprint density at radius 1 is 0.889 bits per heavy atom. The number of carbonyl (C=O) groups excluding carboxylic acids is 2. The van der Waals surface area contributed by atoms with E-state index in [2.05, 4.69) is 20.5 Å². The molecule has 2 aromatic rings. The lowest BCUT2D eigenvalue weighted by molar-refractivity contribution is 0.0927. The van der Waals surface area contributed by atoms with Gasteiger partial charge in [0.2, 0.25) is 0 Å². The van der Waals surface area contributed by atoms with E-state index in [0.29, 0.717) is 24.2 Å². The summed E-state index contributed by atoms with van der Waals surface area (Å²) in [7, 11) is 0. The normalized spacial score (nSPS) is 14.5. The van der Waals surface area contributed by atoms with E-state index < -0.39 is 0 Å². The van der Waals surface area contributed by atoms with Crippen molar-refractivity contribution in [3.05, 3.63) is 65.5 Å². The summed E-state index contributed by atoms with van der Waals surface area (Å²) < 4.78 is 0. The Hall–Kier alpha value is -2.73. The van der Waals surface area contributed by atoms with Crippen LogP contribution >= 0.6 is 0 Å². The largest absolute Gasteiger partial charge is 0.350 e. The van der Waals surface area contributed by atoms with Crippen LogP contribution in [0.2, 0.25) is 0 Å². The number of aromatic nitrogens is 1. The van der Waals surface area contributed by atoms with Crippen molar-refractivity contribution in [2.45, 2.75) is 25.8 Å². The number of hydrogen-bond donors (Lipinski definition) is 2. The van der Waals surface area contributed by atoms with Gasteiger partial charge in [0.05, 0.1) is 5.56 Å². The molecule has 0 spiro atoms. The predicted octanol–water partition coefficient (Wildman–Crippen LogP) is 2.23. The van der Waals surface area contributed by atoms with E-state index in [0.717, 1.165) is 19.6 Å². The minimum atomic E-state index is -0.195. The van der Waals surface area contributed by atoms with Gasteiger partial charge in [-0.2, -0.15) is 0 Å². The van der Waals surface area contributed by atoms with Gasteiger partial charge in [-0.1, -0.05) is 18.6 Å². The molecular weight excluding hydrogens is 340 g/mol. The first-order chi connectivity index (χ1) is 13.2. The molecule has 0 radical (unpaired) electrons. The summed E-state index contributed by atoms with van der Waals surface area (Å²) in [6.45, 7) is 4.01. The molecule has 6 nitrogen and oxygen atoms in total. The quantitative estimate of drug-likeness (QED) is 0.737. The molecule has 2 N–H and O–H groups in total. The molecule has 0 unspecified atom stereocenters. The van der Waals surface area contributed by atoms with Crippen LogP contribution in [-0.4, -0.2) is 47.9 Å². The number of likely N-dealkylation sites (tertiary alicyclic amines) is 1. The van der Waals surface area contributed by atoms with Crippen LogP contribution in [0.3, 0.4) is 0 Å². The third-order valence-electron chi connectivity index (χ3n) is 4.69. The standard InChI is InChI=1S/C21H26N4O2/c26-20(23-11-12-24-21(27)19-5-4-10-22-15-19)18-8-6-17(7-9-18)16-25-13-2-1-3-14-25/h4-10,15H,1-3,11-14,16H2,(H,23,26)(H,24,27). The van der Waals surface area contributed by atoms with Gasteiger partial charge in [0.1, 0.15) is 0 Å². The molecule has 0 saturated carbocycles. The maximum absolute atomic E-state index is 12.2. The lowest BCUT2D eigenvalue weighted by Crippen LogP contribution is -2.34. The molecular formula is C21H26N4O2. The van der Waals surface area contributed by atoms with E-state index in [-0.39, 0.29) is 11.8 Å². The van der Waals surface area contributed by atoms with Crippen LogP contribution in [0.15, 0.2) is 48.8 Å². The van der Waals surface area contributed by atoms with Crippen LogP contribution < -0.4 is 10.6 Å². The fourth-order valence-corrected chi connectivity index (χ4v) is 3.19. The summed E-state index contributed by atoms with van der Waals surface area (Å²) in [5.74, 6) is -0.324. The van der Waals surface area contributed by atoms with Crippen molar-refractivity contribution in [1.82, 2.24) is 20.5 Å². The fraction of sp³-hybridized carbons (Fsp3) is 0.381. The molecule has 1 aliphatic rings. The molecule has 1 aliphatic heterocycles. The summed E-state index contributed by atoms with van der Waals surface area (Å²) in [6, 6.07) is 11.2. The maximum atomic E-state index is 12.2. The highest BCUT2D eigenvalue weighted by Crippen LogP contribution is 2.13. The van der Waals surface area contributed by atoms with Crippen molar-refractivity contribution in [3.8, 4) is 0 Å². The first kappa shape index (κ1) is 19.0. The van der Waals surface area contributed by atoms with E-state index in [9.17, 15) is 9.59 Å². The Labute approximate surface area is 160 Å². The average Bonchev–Trinajstić information content (AvgIpc) is 2.73. The summed E-state index contributed by atoms with van der Waals surface area (Å²) >= 11 is 0. The zero-order valence-electron chi connectivity index (χ0n) is 15.5. The van der Waals surface area contributed by atoms with Crippen molar-refractivity contribution in [2.75, 3.05) is 26.2 Å².